The lowest BCUT2D eigenvalue weighted by Gasteiger charge is -2.13. The van der Waals surface area contributed by atoms with Crippen LogP contribution in [0.1, 0.15) is 32.0 Å². The SMILES string of the molecule is Cc1cc(C)nc(SC(C)CNCC(C)C)c1. The maximum absolute atomic E-state index is 4.55. The van der Waals surface area contributed by atoms with Crippen LogP contribution in [0.4, 0.5) is 0 Å². The number of aromatic nitrogens is 1. The van der Waals surface area contributed by atoms with Gasteiger partial charge < -0.3 is 5.32 Å². The molecule has 0 aliphatic carbocycles. The van der Waals surface area contributed by atoms with Crippen LogP contribution in [0.3, 0.4) is 0 Å². The summed E-state index contributed by atoms with van der Waals surface area (Å²) in [6.45, 7) is 13.0. The highest BCUT2D eigenvalue weighted by atomic mass is 32.2. The van der Waals surface area contributed by atoms with Crippen LogP contribution in [0.2, 0.25) is 0 Å². The topological polar surface area (TPSA) is 24.9 Å². The molecule has 1 aromatic heterocycles. The summed E-state index contributed by atoms with van der Waals surface area (Å²) in [5.74, 6) is 0.714. The Bertz CT molecular complexity index is 330. The molecule has 0 spiro atoms. The molecule has 0 amide bonds. The van der Waals surface area contributed by atoms with Crippen molar-refractivity contribution >= 4 is 11.8 Å². The zero-order valence-corrected chi connectivity index (χ0v) is 12.4. The summed E-state index contributed by atoms with van der Waals surface area (Å²) >= 11 is 1.85. The van der Waals surface area contributed by atoms with E-state index < -0.39 is 0 Å². The molecule has 1 rings (SSSR count). The van der Waals surface area contributed by atoms with Gasteiger partial charge >= 0.3 is 0 Å². The van der Waals surface area contributed by atoms with Gasteiger partial charge in [-0.2, -0.15) is 0 Å². The van der Waals surface area contributed by atoms with Gasteiger partial charge in [0, 0.05) is 17.5 Å². The number of nitrogens with one attached hydrogen (secondary N) is 1. The van der Waals surface area contributed by atoms with Crippen molar-refractivity contribution in [2.45, 2.75) is 44.9 Å². The number of nitrogens with zero attached hydrogens (tertiary/aromatic N) is 1. The summed E-state index contributed by atoms with van der Waals surface area (Å²) in [4.78, 5) is 4.55. The predicted molar refractivity (Wildman–Crippen MR) is 76.7 cm³/mol. The molecule has 1 heterocycles. The smallest absolute Gasteiger partial charge is 0.0968 e. The molecule has 2 nitrogen and oxygen atoms in total. The highest BCUT2D eigenvalue weighted by Gasteiger charge is 2.06. The van der Waals surface area contributed by atoms with Crippen LogP contribution in [0, 0.1) is 19.8 Å². The third kappa shape index (κ3) is 6.08. The Hall–Kier alpha value is -0.540. The molecule has 17 heavy (non-hydrogen) atoms. The lowest BCUT2D eigenvalue weighted by Crippen LogP contribution is -2.26. The molecular weight excluding hydrogens is 228 g/mol. The third-order valence-corrected chi connectivity index (χ3v) is 3.40. The molecular formula is C14H24N2S. The van der Waals surface area contributed by atoms with Gasteiger partial charge in [0.25, 0.3) is 0 Å². The van der Waals surface area contributed by atoms with E-state index in [0.717, 1.165) is 23.8 Å². The molecule has 0 saturated carbocycles. The van der Waals surface area contributed by atoms with Gasteiger partial charge in [0.2, 0.25) is 0 Å². The largest absolute Gasteiger partial charge is 0.315 e. The first kappa shape index (κ1) is 14.5. The van der Waals surface area contributed by atoms with Gasteiger partial charge in [-0.15, -0.1) is 11.8 Å². The Morgan fingerprint density at radius 3 is 2.47 bits per heavy atom. The molecule has 0 fully saturated rings. The number of rotatable bonds is 6. The standard InChI is InChI=1S/C14H24N2S/c1-10(2)8-15-9-13(5)17-14-7-11(3)6-12(4)16-14/h6-7,10,13,15H,8-9H2,1-5H3. The lowest BCUT2D eigenvalue weighted by atomic mass is 10.2. The Balaban J connectivity index is 2.42. The maximum Gasteiger partial charge on any atom is 0.0968 e. The van der Waals surface area contributed by atoms with E-state index >= 15 is 0 Å². The van der Waals surface area contributed by atoms with Crippen molar-refractivity contribution in [3.8, 4) is 0 Å². The Kier molecular flexibility index (Phi) is 6.00. The molecule has 0 saturated heterocycles. The first-order valence-corrected chi connectivity index (χ1v) is 7.18. The van der Waals surface area contributed by atoms with Gasteiger partial charge in [-0.25, -0.2) is 4.98 Å². The van der Waals surface area contributed by atoms with E-state index in [1.807, 2.05) is 11.8 Å². The first-order valence-electron chi connectivity index (χ1n) is 6.30. The number of hydrogen-bond acceptors (Lipinski definition) is 3. The van der Waals surface area contributed by atoms with Crippen molar-refractivity contribution < 1.29 is 0 Å². The minimum atomic E-state index is 0.558. The van der Waals surface area contributed by atoms with E-state index in [1.165, 1.54) is 5.56 Å². The van der Waals surface area contributed by atoms with Crippen molar-refractivity contribution in [2.24, 2.45) is 5.92 Å². The zero-order chi connectivity index (χ0) is 12.8. The summed E-state index contributed by atoms with van der Waals surface area (Å²) < 4.78 is 0. The van der Waals surface area contributed by atoms with E-state index in [9.17, 15) is 0 Å². The second kappa shape index (κ2) is 7.02. The second-order valence-electron chi connectivity index (χ2n) is 5.10. The van der Waals surface area contributed by atoms with Gasteiger partial charge in [-0.3, -0.25) is 0 Å². The fraction of sp³-hybridized carbons (Fsp3) is 0.643. The molecule has 1 aromatic rings. The van der Waals surface area contributed by atoms with Crippen molar-refractivity contribution in [1.82, 2.24) is 10.3 Å². The molecule has 0 bridgehead atoms. The van der Waals surface area contributed by atoms with Crippen LogP contribution in [0.15, 0.2) is 17.2 Å². The Morgan fingerprint density at radius 1 is 1.18 bits per heavy atom. The first-order chi connectivity index (χ1) is 7.97. The molecule has 1 atom stereocenters. The van der Waals surface area contributed by atoms with Crippen molar-refractivity contribution in [3.63, 3.8) is 0 Å². The van der Waals surface area contributed by atoms with Crippen molar-refractivity contribution in [1.29, 1.82) is 0 Å². The number of thioether (sulfide) groups is 1. The predicted octanol–water partition coefficient (Wildman–Crippen LogP) is 3.42. The van der Waals surface area contributed by atoms with E-state index in [4.69, 9.17) is 0 Å². The summed E-state index contributed by atoms with van der Waals surface area (Å²) in [6.07, 6.45) is 0. The monoisotopic (exact) mass is 252 g/mol. The highest BCUT2D eigenvalue weighted by molar-refractivity contribution is 7.99. The molecule has 0 radical (unpaired) electrons. The summed E-state index contributed by atoms with van der Waals surface area (Å²) in [6, 6.07) is 4.28. The van der Waals surface area contributed by atoms with Crippen LogP contribution in [0.5, 0.6) is 0 Å². The van der Waals surface area contributed by atoms with Gasteiger partial charge in [0.1, 0.15) is 0 Å². The van der Waals surface area contributed by atoms with Crippen LogP contribution in [0.25, 0.3) is 0 Å². The third-order valence-electron chi connectivity index (χ3n) is 2.38. The molecule has 1 unspecified atom stereocenters. The molecule has 0 aliphatic rings. The van der Waals surface area contributed by atoms with Crippen molar-refractivity contribution in [2.75, 3.05) is 13.1 Å². The fourth-order valence-corrected chi connectivity index (χ4v) is 2.75. The van der Waals surface area contributed by atoms with Crippen LogP contribution in [-0.2, 0) is 0 Å². The van der Waals surface area contributed by atoms with Crippen LogP contribution in [-0.4, -0.2) is 23.3 Å². The fourth-order valence-electron chi connectivity index (χ4n) is 1.69. The highest BCUT2D eigenvalue weighted by Crippen LogP contribution is 2.22. The molecule has 3 heteroatoms. The molecule has 0 aromatic carbocycles. The van der Waals surface area contributed by atoms with Gasteiger partial charge in [0.05, 0.1) is 5.03 Å². The molecule has 96 valence electrons. The maximum atomic E-state index is 4.55. The van der Waals surface area contributed by atoms with Gasteiger partial charge in [0.15, 0.2) is 0 Å². The van der Waals surface area contributed by atoms with E-state index in [0.29, 0.717) is 11.2 Å². The summed E-state index contributed by atoms with van der Waals surface area (Å²) in [5.41, 5.74) is 2.40. The van der Waals surface area contributed by atoms with Crippen LogP contribution >= 0.6 is 11.8 Å². The van der Waals surface area contributed by atoms with E-state index in [2.05, 4.69) is 57.1 Å². The van der Waals surface area contributed by atoms with Gasteiger partial charge in [-0.1, -0.05) is 20.8 Å². The summed E-state index contributed by atoms with van der Waals surface area (Å²) in [7, 11) is 0. The average Bonchev–Trinajstić information content (AvgIpc) is 2.14. The Morgan fingerprint density at radius 2 is 1.88 bits per heavy atom. The number of pyridine rings is 1. The van der Waals surface area contributed by atoms with E-state index in [1.54, 1.807) is 0 Å². The lowest BCUT2D eigenvalue weighted by molar-refractivity contribution is 0.553. The zero-order valence-electron chi connectivity index (χ0n) is 11.6. The van der Waals surface area contributed by atoms with Crippen LogP contribution < -0.4 is 5.32 Å². The minimum absolute atomic E-state index is 0.558. The Labute approximate surface area is 110 Å². The van der Waals surface area contributed by atoms with Crippen molar-refractivity contribution in [3.05, 3.63) is 23.4 Å². The molecule has 0 aliphatic heterocycles. The summed E-state index contributed by atoms with van der Waals surface area (Å²) in [5, 5.41) is 5.18. The second-order valence-corrected chi connectivity index (χ2v) is 6.56. The van der Waals surface area contributed by atoms with Gasteiger partial charge in [-0.05, 0) is 44.0 Å². The molecule has 1 N–H and O–H groups in total. The van der Waals surface area contributed by atoms with E-state index in [-0.39, 0.29) is 0 Å². The quantitative estimate of drug-likeness (QED) is 0.785. The number of hydrogen-bond donors (Lipinski definition) is 1. The minimum Gasteiger partial charge on any atom is -0.315 e. The normalized spacial score (nSPS) is 13.1. The average molecular weight is 252 g/mol. The number of aryl methyl sites for hydroxylation is 2.